The second-order valence-corrected chi connectivity index (χ2v) is 7.47. The molecule has 0 unspecified atom stereocenters. The first-order valence-corrected chi connectivity index (χ1v) is 8.35. The first kappa shape index (κ1) is 14.9. The number of hydrogen-bond acceptors (Lipinski definition) is 3. The van der Waals surface area contributed by atoms with Crippen molar-refractivity contribution in [2.75, 3.05) is 31.1 Å². The molecule has 1 heterocycles. The molecule has 3 nitrogen and oxygen atoms in total. The topological polar surface area (TPSA) is 18.5 Å². The summed E-state index contributed by atoms with van der Waals surface area (Å²) in [5, 5.41) is 3.57. The molecule has 0 atom stereocenters. The van der Waals surface area contributed by atoms with E-state index < -0.39 is 0 Å². The number of rotatable bonds is 4. The van der Waals surface area contributed by atoms with Gasteiger partial charge in [0, 0.05) is 50.0 Å². The quantitative estimate of drug-likeness (QED) is 0.918. The standard InChI is InChI=1S/C18H29N3/c1-18(2,3)21-12-10-20(11-13-21)17-8-4-15(5-9-17)14-19-16-6-7-16/h4-5,8-9,16,19H,6-7,10-14H2,1-3H3. The van der Waals surface area contributed by atoms with Gasteiger partial charge in [-0.1, -0.05) is 12.1 Å². The van der Waals surface area contributed by atoms with Gasteiger partial charge < -0.3 is 10.2 Å². The molecule has 21 heavy (non-hydrogen) atoms. The van der Waals surface area contributed by atoms with Gasteiger partial charge in [0.2, 0.25) is 0 Å². The first-order chi connectivity index (χ1) is 10.0. The van der Waals surface area contributed by atoms with Crippen LogP contribution >= 0.6 is 0 Å². The zero-order valence-corrected chi connectivity index (χ0v) is 13.7. The van der Waals surface area contributed by atoms with E-state index in [2.05, 4.69) is 60.2 Å². The molecule has 0 bridgehead atoms. The Morgan fingerprint density at radius 3 is 2.14 bits per heavy atom. The maximum atomic E-state index is 3.57. The molecule has 3 rings (SSSR count). The van der Waals surface area contributed by atoms with Crippen molar-refractivity contribution in [3.05, 3.63) is 29.8 Å². The summed E-state index contributed by atoms with van der Waals surface area (Å²) in [5.41, 5.74) is 3.07. The molecule has 0 spiro atoms. The molecule has 1 N–H and O–H groups in total. The Bertz CT molecular complexity index is 448. The highest BCUT2D eigenvalue weighted by Crippen LogP contribution is 2.22. The Balaban J connectivity index is 1.52. The largest absolute Gasteiger partial charge is 0.369 e. The van der Waals surface area contributed by atoms with Crippen molar-refractivity contribution in [3.63, 3.8) is 0 Å². The van der Waals surface area contributed by atoms with Crippen LogP contribution in [0.2, 0.25) is 0 Å². The van der Waals surface area contributed by atoms with Crippen molar-refractivity contribution in [1.29, 1.82) is 0 Å². The van der Waals surface area contributed by atoms with Crippen molar-refractivity contribution in [1.82, 2.24) is 10.2 Å². The normalized spacial score (nSPS) is 20.8. The monoisotopic (exact) mass is 287 g/mol. The minimum Gasteiger partial charge on any atom is -0.369 e. The van der Waals surface area contributed by atoms with Gasteiger partial charge >= 0.3 is 0 Å². The van der Waals surface area contributed by atoms with E-state index in [0.29, 0.717) is 5.54 Å². The zero-order valence-electron chi connectivity index (χ0n) is 13.7. The highest BCUT2D eigenvalue weighted by Gasteiger charge is 2.25. The molecule has 0 radical (unpaired) electrons. The van der Waals surface area contributed by atoms with Crippen molar-refractivity contribution < 1.29 is 0 Å². The van der Waals surface area contributed by atoms with Crippen LogP contribution in [0.15, 0.2) is 24.3 Å². The molecule has 1 aliphatic heterocycles. The van der Waals surface area contributed by atoms with Crippen molar-refractivity contribution in [2.45, 2.75) is 51.7 Å². The van der Waals surface area contributed by atoms with Gasteiger partial charge in [-0.3, -0.25) is 4.90 Å². The fourth-order valence-electron chi connectivity index (χ4n) is 3.01. The number of nitrogens with one attached hydrogen (secondary N) is 1. The van der Waals surface area contributed by atoms with Gasteiger partial charge in [0.15, 0.2) is 0 Å². The summed E-state index contributed by atoms with van der Waals surface area (Å²) in [6, 6.07) is 9.92. The van der Waals surface area contributed by atoms with E-state index in [0.717, 1.165) is 38.8 Å². The average molecular weight is 287 g/mol. The summed E-state index contributed by atoms with van der Waals surface area (Å²) in [5.74, 6) is 0. The average Bonchev–Trinajstić information content (AvgIpc) is 3.29. The maximum absolute atomic E-state index is 3.57. The van der Waals surface area contributed by atoms with Crippen LogP contribution in [0.3, 0.4) is 0 Å². The van der Waals surface area contributed by atoms with Gasteiger partial charge in [0.25, 0.3) is 0 Å². The van der Waals surface area contributed by atoms with Gasteiger partial charge in [0.05, 0.1) is 0 Å². The highest BCUT2D eigenvalue weighted by molar-refractivity contribution is 5.48. The lowest BCUT2D eigenvalue weighted by Crippen LogP contribution is -2.53. The summed E-state index contributed by atoms with van der Waals surface area (Å²) in [4.78, 5) is 5.10. The van der Waals surface area contributed by atoms with Crippen molar-refractivity contribution in [3.8, 4) is 0 Å². The summed E-state index contributed by atoms with van der Waals surface area (Å²) >= 11 is 0. The van der Waals surface area contributed by atoms with Crippen molar-refractivity contribution >= 4 is 5.69 Å². The van der Waals surface area contributed by atoms with Crippen LogP contribution < -0.4 is 10.2 Å². The fourth-order valence-corrected chi connectivity index (χ4v) is 3.01. The van der Waals surface area contributed by atoms with E-state index >= 15 is 0 Å². The molecule has 2 aliphatic rings. The second kappa shape index (κ2) is 5.98. The Morgan fingerprint density at radius 1 is 1.00 bits per heavy atom. The summed E-state index contributed by atoms with van der Waals surface area (Å²) in [6.07, 6.45) is 2.71. The lowest BCUT2D eigenvalue weighted by molar-refractivity contribution is 0.128. The Hall–Kier alpha value is -1.06. The highest BCUT2D eigenvalue weighted by atomic mass is 15.3. The minimum absolute atomic E-state index is 0.296. The summed E-state index contributed by atoms with van der Waals surface area (Å²) in [6.45, 7) is 12.5. The van der Waals surface area contributed by atoms with Crippen molar-refractivity contribution in [2.24, 2.45) is 0 Å². The van der Waals surface area contributed by atoms with Crippen LogP contribution in [0.5, 0.6) is 0 Å². The Kier molecular flexibility index (Phi) is 4.23. The number of benzene rings is 1. The molecule has 2 fully saturated rings. The third-order valence-corrected chi connectivity index (χ3v) is 4.70. The van der Waals surface area contributed by atoms with E-state index in [1.54, 1.807) is 0 Å². The number of anilines is 1. The van der Waals surface area contributed by atoms with E-state index in [4.69, 9.17) is 0 Å². The molecule has 1 saturated heterocycles. The number of hydrogen-bond donors (Lipinski definition) is 1. The lowest BCUT2D eigenvalue weighted by atomic mass is 10.0. The van der Waals surface area contributed by atoms with Crippen LogP contribution in [0.4, 0.5) is 5.69 Å². The lowest BCUT2D eigenvalue weighted by Gasteiger charge is -2.43. The predicted octanol–water partition coefficient (Wildman–Crippen LogP) is 2.86. The molecule has 0 aromatic heterocycles. The van der Waals surface area contributed by atoms with E-state index in [1.807, 2.05) is 0 Å². The molecular formula is C18H29N3. The van der Waals surface area contributed by atoms with Gasteiger partial charge in [0.1, 0.15) is 0 Å². The number of piperazine rings is 1. The van der Waals surface area contributed by atoms with Gasteiger partial charge in [-0.05, 0) is 51.3 Å². The molecule has 0 amide bonds. The SMILES string of the molecule is CC(C)(C)N1CCN(c2ccc(CNC3CC3)cc2)CC1. The fraction of sp³-hybridized carbons (Fsp3) is 0.667. The minimum atomic E-state index is 0.296. The predicted molar refractivity (Wildman–Crippen MR) is 89.8 cm³/mol. The van der Waals surface area contributed by atoms with Crippen LogP contribution in [0, 0.1) is 0 Å². The second-order valence-electron chi connectivity index (χ2n) is 7.47. The van der Waals surface area contributed by atoms with Crippen LogP contribution in [-0.4, -0.2) is 42.7 Å². The van der Waals surface area contributed by atoms with E-state index in [-0.39, 0.29) is 0 Å². The summed E-state index contributed by atoms with van der Waals surface area (Å²) < 4.78 is 0. The van der Waals surface area contributed by atoms with E-state index in [1.165, 1.54) is 24.1 Å². The molecule has 1 aliphatic carbocycles. The summed E-state index contributed by atoms with van der Waals surface area (Å²) in [7, 11) is 0. The van der Waals surface area contributed by atoms with Crippen LogP contribution in [0.1, 0.15) is 39.2 Å². The third kappa shape index (κ3) is 3.98. The maximum Gasteiger partial charge on any atom is 0.0367 e. The third-order valence-electron chi connectivity index (χ3n) is 4.70. The molecule has 1 aromatic rings. The zero-order chi connectivity index (χ0) is 14.9. The molecule has 1 aromatic carbocycles. The smallest absolute Gasteiger partial charge is 0.0367 e. The Labute approximate surface area is 129 Å². The molecule has 116 valence electrons. The van der Waals surface area contributed by atoms with Gasteiger partial charge in [-0.15, -0.1) is 0 Å². The van der Waals surface area contributed by atoms with Gasteiger partial charge in [-0.25, -0.2) is 0 Å². The van der Waals surface area contributed by atoms with Crippen LogP contribution in [0.25, 0.3) is 0 Å². The molecule has 3 heteroatoms. The van der Waals surface area contributed by atoms with E-state index in [9.17, 15) is 0 Å². The number of nitrogens with zero attached hydrogens (tertiary/aromatic N) is 2. The Morgan fingerprint density at radius 2 is 1.62 bits per heavy atom. The molecular weight excluding hydrogens is 258 g/mol. The molecule has 1 saturated carbocycles. The van der Waals surface area contributed by atoms with Gasteiger partial charge in [-0.2, -0.15) is 0 Å². The van der Waals surface area contributed by atoms with Crippen LogP contribution in [-0.2, 0) is 6.54 Å². The first-order valence-electron chi connectivity index (χ1n) is 8.35.